The van der Waals surface area contributed by atoms with Crippen LogP contribution in [0.15, 0.2) is 12.4 Å². The van der Waals surface area contributed by atoms with E-state index in [1.54, 1.807) is 11.2 Å². The Kier molecular flexibility index (Phi) is 5.96. The van der Waals surface area contributed by atoms with Crippen LogP contribution in [0.5, 0.6) is 0 Å². The first-order chi connectivity index (χ1) is 12.4. The van der Waals surface area contributed by atoms with E-state index in [1.165, 1.54) is 0 Å². The van der Waals surface area contributed by atoms with Crippen LogP contribution < -0.4 is 5.32 Å². The Bertz CT molecular complexity index is 603. The third-order valence-electron chi connectivity index (χ3n) is 4.83. The number of hydrogen-bond acceptors (Lipinski definition) is 6. The lowest BCUT2D eigenvalue weighted by molar-refractivity contribution is 0.0210. The molecule has 1 aromatic heterocycles. The highest BCUT2D eigenvalue weighted by Crippen LogP contribution is 2.26. The first-order valence-electron chi connectivity index (χ1n) is 9.55. The van der Waals surface area contributed by atoms with Gasteiger partial charge in [0.25, 0.3) is 0 Å². The van der Waals surface area contributed by atoms with Crippen molar-refractivity contribution in [2.45, 2.75) is 64.0 Å². The molecule has 0 spiro atoms. The second kappa shape index (κ2) is 8.20. The Morgan fingerprint density at radius 3 is 2.54 bits per heavy atom. The maximum absolute atomic E-state index is 12.2. The summed E-state index contributed by atoms with van der Waals surface area (Å²) < 4.78 is 10.9. The molecule has 0 saturated carbocycles. The molecule has 0 bridgehead atoms. The second-order valence-corrected chi connectivity index (χ2v) is 8.10. The van der Waals surface area contributed by atoms with Crippen LogP contribution in [-0.2, 0) is 9.47 Å². The largest absolute Gasteiger partial charge is 0.444 e. The van der Waals surface area contributed by atoms with Gasteiger partial charge in [-0.1, -0.05) is 0 Å². The van der Waals surface area contributed by atoms with Gasteiger partial charge in [0.2, 0.25) is 0 Å². The number of carbonyl (C=O) groups is 1. The van der Waals surface area contributed by atoms with Crippen LogP contribution in [0.4, 0.5) is 10.6 Å². The molecule has 144 valence electrons. The van der Waals surface area contributed by atoms with E-state index in [0.29, 0.717) is 25.0 Å². The van der Waals surface area contributed by atoms with Crippen molar-refractivity contribution in [2.75, 3.05) is 31.6 Å². The van der Waals surface area contributed by atoms with E-state index in [4.69, 9.17) is 9.47 Å². The molecule has 1 amide bonds. The Morgan fingerprint density at radius 1 is 1.19 bits per heavy atom. The molecule has 26 heavy (non-hydrogen) atoms. The van der Waals surface area contributed by atoms with E-state index >= 15 is 0 Å². The summed E-state index contributed by atoms with van der Waals surface area (Å²) >= 11 is 0. The van der Waals surface area contributed by atoms with Crippen LogP contribution in [0.2, 0.25) is 0 Å². The Hall–Kier alpha value is -1.89. The number of carbonyl (C=O) groups excluding carboxylic acids is 1. The quantitative estimate of drug-likeness (QED) is 0.890. The minimum absolute atomic E-state index is 0.222. The molecule has 0 radical (unpaired) electrons. The van der Waals surface area contributed by atoms with Crippen LogP contribution in [-0.4, -0.2) is 58.9 Å². The molecule has 2 aliphatic rings. The van der Waals surface area contributed by atoms with E-state index in [1.807, 2.05) is 20.8 Å². The van der Waals surface area contributed by atoms with Crippen molar-refractivity contribution in [3.63, 3.8) is 0 Å². The Morgan fingerprint density at radius 2 is 1.88 bits per heavy atom. The summed E-state index contributed by atoms with van der Waals surface area (Å²) in [5.41, 5.74) is 0.644. The second-order valence-electron chi connectivity index (χ2n) is 8.10. The molecule has 0 aromatic carbocycles. The van der Waals surface area contributed by atoms with Crippen molar-refractivity contribution in [1.29, 1.82) is 0 Å². The Balaban J connectivity index is 1.51. The zero-order chi connectivity index (χ0) is 18.6. The van der Waals surface area contributed by atoms with Gasteiger partial charge < -0.3 is 19.7 Å². The first kappa shape index (κ1) is 18.9. The number of likely N-dealkylation sites (tertiary alicyclic amines) is 1. The van der Waals surface area contributed by atoms with Crippen LogP contribution >= 0.6 is 0 Å². The van der Waals surface area contributed by atoms with Gasteiger partial charge in [0.15, 0.2) is 0 Å². The van der Waals surface area contributed by atoms with E-state index < -0.39 is 5.60 Å². The van der Waals surface area contributed by atoms with Crippen LogP contribution in [0.25, 0.3) is 0 Å². The zero-order valence-electron chi connectivity index (χ0n) is 16.0. The fraction of sp³-hybridized carbons (Fsp3) is 0.737. The van der Waals surface area contributed by atoms with Gasteiger partial charge in [-0.15, -0.1) is 0 Å². The molecule has 3 rings (SSSR count). The third kappa shape index (κ3) is 5.30. The summed E-state index contributed by atoms with van der Waals surface area (Å²) in [5, 5.41) is 3.51. The number of rotatable bonds is 3. The topological polar surface area (TPSA) is 76.6 Å². The molecule has 7 heteroatoms. The first-order valence-corrected chi connectivity index (χ1v) is 9.55. The zero-order valence-corrected chi connectivity index (χ0v) is 16.0. The van der Waals surface area contributed by atoms with Gasteiger partial charge in [0, 0.05) is 50.0 Å². The van der Waals surface area contributed by atoms with Gasteiger partial charge >= 0.3 is 6.09 Å². The lowest BCUT2D eigenvalue weighted by atomic mass is 9.96. The molecular formula is C19H30N4O3. The fourth-order valence-corrected chi connectivity index (χ4v) is 3.41. The van der Waals surface area contributed by atoms with E-state index in [9.17, 15) is 4.79 Å². The average molecular weight is 362 g/mol. The van der Waals surface area contributed by atoms with Crippen molar-refractivity contribution in [1.82, 2.24) is 14.9 Å². The smallest absolute Gasteiger partial charge is 0.410 e. The van der Waals surface area contributed by atoms with Crippen LogP contribution in [0.3, 0.4) is 0 Å². The van der Waals surface area contributed by atoms with Crippen molar-refractivity contribution in [3.8, 4) is 0 Å². The summed E-state index contributed by atoms with van der Waals surface area (Å²) in [4.78, 5) is 22.8. The Labute approximate surface area is 155 Å². The summed E-state index contributed by atoms with van der Waals surface area (Å²) in [6.07, 6.45) is 5.23. The molecule has 2 fully saturated rings. The van der Waals surface area contributed by atoms with E-state index in [0.717, 1.165) is 50.4 Å². The van der Waals surface area contributed by atoms with Crippen LogP contribution in [0.1, 0.15) is 58.1 Å². The summed E-state index contributed by atoms with van der Waals surface area (Å²) in [5.74, 6) is 1.33. The average Bonchev–Trinajstić information content (AvgIpc) is 2.62. The number of hydrogen-bond donors (Lipinski definition) is 1. The SMILES string of the molecule is CC(C)(C)OC(=O)N1CCC(Nc2cc(C3CCOCC3)ncn2)CC1. The molecule has 0 atom stereocenters. The molecule has 1 N–H and O–H groups in total. The molecule has 3 heterocycles. The molecule has 0 unspecified atom stereocenters. The normalized spacial score (nSPS) is 20.0. The number of nitrogens with one attached hydrogen (secondary N) is 1. The molecular weight excluding hydrogens is 332 g/mol. The minimum atomic E-state index is -0.451. The molecule has 0 aliphatic carbocycles. The highest BCUT2D eigenvalue weighted by molar-refractivity contribution is 5.68. The predicted molar refractivity (Wildman–Crippen MR) is 99.3 cm³/mol. The monoisotopic (exact) mass is 362 g/mol. The summed E-state index contributed by atoms with van der Waals surface area (Å²) in [7, 11) is 0. The summed E-state index contributed by atoms with van der Waals surface area (Å²) in [6.45, 7) is 8.69. The number of aromatic nitrogens is 2. The fourth-order valence-electron chi connectivity index (χ4n) is 3.41. The molecule has 7 nitrogen and oxygen atoms in total. The van der Waals surface area contributed by atoms with Crippen molar-refractivity contribution in [3.05, 3.63) is 18.1 Å². The number of ether oxygens (including phenoxy) is 2. The van der Waals surface area contributed by atoms with Gasteiger partial charge in [-0.3, -0.25) is 0 Å². The lowest BCUT2D eigenvalue weighted by Crippen LogP contribution is -2.44. The third-order valence-corrected chi connectivity index (χ3v) is 4.83. The van der Waals surface area contributed by atoms with Gasteiger partial charge in [0.05, 0.1) is 0 Å². The van der Waals surface area contributed by atoms with E-state index in [2.05, 4.69) is 21.4 Å². The van der Waals surface area contributed by atoms with Crippen molar-refractivity contribution < 1.29 is 14.3 Å². The van der Waals surface area contributed by atoms with Gasteiger partial charge in [0.1, 0.15) is 17.7 Å². The maximum atomic E-state index is 12.2. The summed E-state index contributed by atoms with van der Waals surface area (Å²) in [6, 6.07) is 2.38. The number of amides is 1. The number of anilines is 1. The maximum Gasteiger partial charge on any atom is 0.410 e. The van der Waals surface area contributed by atoms with Crippen molar-refractivity contribution >= 4 is 11.9 Å². The number of piperidine rings is 1. The highest BCUT2D eigenvalue weighted by atomic mass is 16.6. The minimum Gasteiger partial charge on any atom is -0.444 e. The molecule has 1 aromatic rings. The van der Waals surface area contributed by atoms with Crippen molar-refractivity contribution in [2.24, 2.45) is 0 Å². The molecule has 2 aliphatic heterocycles. The van der Waals surface area contributed by atoms with E-state index in [-0.39, 0.29) is 6.09 Å². The van der Waals surface area contributed by atoms with Crippen LogP contribution in [0, 0.1) is 0 Å². The molecule has 2 saturated heterocycles. The highest BCUT2D eigenvalue weighted by Gasteiger charge is 2.27. The predicted octanol–water partition coefficient (Wildman–Crippen LogP) is 3.18. The standard InChI is InChI=1S/C19H30N4O3/c1-19(2,3)26-18(24)23-8-4-15(5-9-23)22-17-12-16(20-13-21-17)14-6-10-25-11-7-14/h12-15H,4-11H2,1-3H3,(H,20,21,22). The van der Waals surface area contributed by atoms with Gasteiger partial charge in [-0.25, -0.2) is 14.8 Å². The lowest BCUT2D eigenvalue weighted by Gasteiger charge is -2.34. The van der Waals surface area contributed by atoms with Gasteiger partial charge in [-0.05, 0) is 46.5 Å². The van der Waals surface area contributed by atoms with Gasteiger partial charge in [-0.2, -0.15) is 0 Å². The number of nitrogens with zero attached hydrogens (tertiary/aromatic N) is 3.